The molecular formula is C14H13ClN4O3S. The highest BCUT2D eigenvalue weighted by molar-refractivity contribution is 7.99. The van der Waals surface area contributed by atoms with Gasteiger partial charge in [-0.3, -0.25) is 19.5 Å². The van der Waals surface area contributed by atoms with Gasteiger partial charge in [0.05, 0.1) is 16.7 Å². The van der Waals surface area contributed by atoms with Gasteiger partial charge in [-0.25, -0.2) is 9.78 Å². The van der Waals surface area contributed by atoms with E-state index >= 15 is 0 Å². The first-order chi connectivity index (χ1) is 10.9. The van der Waals surface area contributed by atoms with Gasteiger partial charge in [0, 0.05) is 11.6 Å². The van der Waals surface area contributed by atoms with Gasteiger partial charge in [-0.1, -0.05) is 29.4 Å². The molecule has 120 valence electrons. The maximum atomic E-state index is 12.5. The second-order valence-electron chi connectivity index (χ2n) is 4.46. The summed E-state index contributed by atoms with van der Waals surface area (Å²) in [4.78, 5) is 39.1. The molecule has 0 saturated heterocycles. The van der Waals surface area contributed by atoms with Crippen molar-refractivity contribution in [2.45, 2.75) is 11.7 Å². The summed E-state index contributed by atoms with van der Waals surface area (Å²) in [6.45, 7) is 3.84. The monoisotopic (exact) mass is 352 g/mol. The number of benzene rings is 1. The summed E-state index contributed by atoms with van der Waals surface area (Å²) in [6, 6.07) is 3.87. The molecule has 1 heterocycles. The molecule has 0 atom stereocenters. The Hall–Kier alpha value is -2.32. The van der Waals surface area contributed by atoms with E-state index in [1.165, 1.54) is 4.57 Å². The Morgan fingerprint density at radius 3 is 2.87 bits per heavy atom. The molecule has 1 aromatic heterocycles. The van der Waals surface area contributed by atoms with E-state index in [1.54, 1.807) is 24.3 Å². The molecular weight excluding hydrogens is 340 g/mol. The number of carbonyl (C=O) groups is 2. The van der Waals surface area contributed by atoms with Crippen LogP contribution in [0.2, 0.25) is 5.02 Å². The number of nitrogens with two attached hydrogens (primary N) is 1. The van der Waals surface area contributed by atoms with Crippen molar-refractivity contribution in [3.8, 4) is 0 Å². The van der Waals surface area contributed by atoms with E-state index < -0.39 is 11.9 Å². The molecule has 0 radical (unpaired) electrons. The number of allylic oxidation sites excluding steroid dienone is 1. The Kier molecular flexibility index (Phi) is 5.41. The van der Waals surface area contributed by atoms with Gasteiger partial charge in [0.15, 0.2) is 5.16 Å². The van der Waals surface area contributed by atoms with Crippen LogP contribution < -0.4 is 16.6 Å². The number of hydrogen-bond donors (Lipinski definition) is 2. The van der Waals surface area contributed by atoms with Crippen LogP contribution in [0.4, 0.5) is 4.79 Å². The molecule has 0 bridgehead atoms. The summed E-state index contributed by atoms with van der Waals surface area (Å²) < 4.78 is 1.38. The number of thioether (sulfide) groups is 1. The zero-order valence-corrected chi connectivity index (χ0v) is 13.5. The van der Waals surface area contributed by atoms with Crippen molar-refractivity contribution >= 4 is 46.2 Å². The molecule has 0 aliphatic heterocycles. The fourth-order valence-electron chi connectivity index (χ4n) is 1.88. The van der Waals surface area contributed by atoms with E-state index in [0.29, 0.717) is 21.1 Å². The fraction of sp³-hybridized carbons (Fsp3) is 0.143. The third-order valence-electron chi connectivity index (χ3n) is 2.79. The lowest BCUT2D eigenvalue weighted by Gasteiger charge is -2.11. The molecule has 23 heavy (non-hydrogen) atoms. The lowest BCUT2D eigenvalue weighted by atomic mass is 10.2. The number of aromatic nitrogens is 2. The summed E-state index contributed by atoms with van der Waals surface area (Å²) in [5.41, 5.74) is 5.06. The van der Waals surface area contributed by atoms with Gasteiger partial charge >= 0.3 is 6.03 Å². The lowest BCUT2D eigenvalue weighted by molar-refractivity contribution is -0.117. The Morgan fingerprint density at radius 1 is 1.48 bits per heavy atom. The second-order valence-corrected chi connectivity index (χ2v) is 5.84. The fourth-order valence-corrected chi connectivity index (χ4v) is 2.86. The van der Waals surface area contributed by atoms with Crippen LogP contribution in [0.25, 0.3) is 10.9 Å². The molecule has 0 saturated carbocycles. The highest BCUT2D eigenvalue weighted by Gasteiger charge is 2.13. The molecule has 0 spiro atoms. The van der Waals surface area contributed by atoms with Crippen LogP contribution in [0, 0.1) is 0 Å². The quantitative estimate of drug-likeness (QED) is 0.482. The van der Waals surface area contributed by atoms with Crippen molar-refractivity contribution in [1.82, 2.24) is 14.9 Å². The zero-order chi connectivity index (χ0) is 17.0. The smallest absolute Gasteiger partial charge is 0.318 e. The highest BCUT2D eigenvalue weighted by Crippen LogP contribution is 2.20. The van der Waals surface area contributed by atoms with Gasteiger partial charge in [-0.05, 0) is 18.2 Å². The zero-order valence-electron chi connectivity index (χ0n) is 11.9. The molecule has 2 rings (SSSR count). The summed E-state index contributed by atoms with van der Waals surface area (Å²) in [7, 11) is 0. The topological polar surface area (TPSA) is 107 Å². The van der Waals surface area contributed by atoms with Crippen molar-refractivity contribution in [2.24, 2.45) is 5.73 Å². The molecule has 7 nitrogen and oxygen atoms in total. The van der Waals surface area contributed by atoms with E-state index in [0.717, 1.165) is 11.8 Å². The van der Waals surface area contributed by atoms with Gasteiger partial charge < -0.3 is 5.73 Å². The second kappa shape index (κ2) is 7.30. The summed E-state index contributed by atoms with van der Waals surface area (Å²) in [6.07, 6.45) is 1.55. The van der Waals surface area contributed by atoms with Gasteiger partial charge in [-0.2, -0.15) is 0 Å². The van der Waals surface area contributed by atoms with Crippen LogP contribution in [0.15, 0.2) is 40.8 Å². The van der Waals surface area contributed by atoms with E-state index in [-0.39, 0.29) is 17.9 Å². The van der Waals surface area contributed by atoms with Gasteiger partial charge in [-0.15, -0.1) is 6.58 Å². The van der Waals surface area contributed by atoms with Crippen molar-refractivity contribution in [1.29, 1.82) is 0 Å². The minimum absolute atomic E-state index is 0.106. The maximum Gasteiger partial charge on any atom is 0.318 e. The van der Waals surface area contributed by atoms with Gasteiger partial charge in [0.25, 0.3) is 5.56 Å². The van der Waals surface area contributed by atoms with Crippen LogP contribution in [0.5, 0.6) is 0 Å². The van der Waals surface area contributed by atoms with Gasteiger partial charge in [0.1, 0.15) is 0 Å². The Balaban J connectivity index is 2.41. The van der Waals surface area contributed by atoms with Crippen molar-refractivity contribution < 1.29 is 9.59 Å². The molecule has 1 aromatic carbocycles. The van der Waals surface area contributed by atoms with Crippen LogP contribution >= 0.6 is 23.4 Å². The minimum Gasteiger partial charge on any atom is -0.351 e. The lowest BCUT2D eigenvalue weighted by Crippen LogP contribution is -2.36. The molecule has 3 N–H and O–H groups in total. The predicted molar refractivity (Wildman–Crippen MR) is 89.7 cm³/mol. The number of nitrogens with zero attached hydrogens (tertiary/aromatic N) is 2. The van der Waals surface area contributed by atoms with E-state index in [4.69, 9.17) is 17.3 Å². The number of primary amides is 1. The minimum atomic E-state index is -0.930. The van der Waals surface area contributed by atoms with Gasteiger partial charge in [0.2, 0.25) is 5.91 Å². The third kappa shape index (κ3) is 4.11. The number of carbonyl (C=O) groups excluding carboxylic acids is 2. The molecule has 0 fully saturated rings. The molecule has 0 unspecified atom stereocenters. The maximum absolute atomic E-state index is 12.5. The van der Waals surface area contributed by atoms with E-state index in [2.05, 4.69) is 11.6 Å². The standard InChI is InChI=1S/C14H13ClN4O3S/c1-2-5-19-12(21)9-6-8(15)3-4-10(9)17-14(19)23-7-11(20)18-13(16)22/h2-4,6H,1,5,7H2,(H3,16,18,20,22). The normalized spacial score (nSPS) is 10.5. The summed E-state index contributed by atoms with van der Waals surface area (Å²) in [5.74, 6) is -0.677. The molecule has 2 aromatic rings. The average Bonchev–Trinajstić information content (AvgIpc) is 2.48. The Morgan fingerprint density at radius 2 is 2.22 bits per heavy atom. The number of nitrogens with one attached hydrogen (secondary N) is 1. The first-order valence-corrected chi connectivity index (χ1v) is 7.82. The molecule has 0 aliphatic rings. The first-order valence-electron chi connectivity index (χ1n) is 6.45. The first kappa shape index (κ1) is 17.0. The van der Waals surface area contributed by atoms with E-state index in [9.17, 15) is 14.4 Å². The molecule has 3 amide bonds. The highest BCUT2D eigenvalue weighted by atomic mass is 35.5. The SMILES string of the molecule is C=CCn1c(SCC(=O)NC(N)=O)nc2ccc(Cl)cc2c1=O. The van der Waals surface area contributed by atoms with E-state index in [1.807, 2.05) is 5.32 Å². The molecule has 9 heteroatoms. The Labute approximate surface area is 140 Å². The van der Waals surface area contributed by atoms with Crippen LogP contribution in [0.3, 0.4) is 0 Å². The number of fused-ring (bicyclic) bond motifs is 1. The molecule has 0 aliphatic carbocycles. The number of urea groups is 1. The van der Waals surface area contributed by atoms with Crippen LogP contribution in [-0.2, 0) is 11.3 Å². The number of hydrogen-bond acceptors (Lipinski definition) is 5. The van der Waals surface area contributed by atoms with Crippen molar-refractivity contribution in [3.05, 3.63) is 46.2 Å². The van der Waals surface area contributed by atoms with Crippen molar-refractivity contribution in [3.63, 3.8) is 0 Å². The largest absolute Gasteiger partial charge is 0.351 e. The van der Waals surface area contributed by atoms with Crippen molar-refractivity contribution in [2.75, 3.05) is 5.75 Å². The summed E-state index contributed by atoms with van der Waals surface area (Å²) in [5, 5.41) is 3.10. The Bertz CT molecular complexity index is 850. The van der Waals surface area contributed by atoms with Crippen LogP contribution in [-0.4, -0.2) is 27.2 Å². The van der Waals surface area contributed by atoms with Crippen LogP contribution in [0.1, 0.15) is 0 Å². The predicted octanol–water partition coefficient (Wildman–Crippen LogP) is 1.52. The number of halogens is 1. The number of rotatable bonds is 5. The third-order valence-corrected chi connectivity index (χ3v) is 4.00. The summed E-state index contributed by atoms with van der Waals surface area (Å²) >= 11 is 6.93. The number of amides is 3. The average molecular weight is 353 g/mol. The number of imide groups is 1.